The lowest BCUT2D eigenvalue weighted by atomic mass is 9.84. The molecule has 1 heterocycles. The zero-order valence-electron chi connectivity index (χ0n) is 16.2. The van der Waals surface area contributed by atoms with Gasteiger partial charge < -0.3 is 9.47 Å². The summed E-state index contributed by atoms with van der Waals surface area (Å²) in [4.78, 5) is 0.309. The second-order valence-electron chi connectivity index (χ2n) is 7.71. The van der Waals surface area contributed by atoms with E-state index in [0.29, 0.717) is 23.8 Å². The first-order chi connectivity index (χ1) is 13.5. The Hall–Kier alpha value is -2.05. The lowest BCUT2D eigenvalue weighted by molar-refractivity contribution is 0.253. The van der Waals surface area contributed by atoms with Crippen LogP contribution in [0.4, 0.5) is 0 Å². The molecule has 150 valence electrons. The fraction of sp³-hybridized carbons (Fsp3) is 0.455. The molecular formula is C22H27NO4S. The molecule has 0 saturated heterocycles. The van der Waals surface area contributed by atoms with E-state index in [4.69, 9.17) is 9.47 Å². The van der Waals surface area contributed by atoms with Crippen molar-refractivity contribution >= 4 is 10.0 Å². The lowest BCUT2D eigenvalue weighted by Crippen LogP contribution is -2.42. The fourth-order valence-electron chi connectivity index (χ4n) is 4.22. The quantitative estimate of drug-likeness (QED) is 0.822. The third kappa shape index (κ3) is 4.18. The van der Waals surface area contributed by atoms with E-state index < -0.39 is 10.0 Å². The number of ether oxygens (including phenoxy) is 2. The number of methoxy groups -OCH3 is 1. The molecule has 0 spiro atoms. The minimum Gasteiger partial charge on any atom is -0.497 e. The normalized spacial score (nSPS) is 20.2. The summed E-state index contributed by atoms with van der Waals surface area (Å²) < 4.78 is 39.4. The van der Waals surface area contributed by atoms with Gasteiger partial charge in [0.1, 0.15) is 18.1 Å². The van der Waals surface area contributed by atoms with Crippen molar-refractivity contribution in [1.82, 2.24) is 4.72 Å². The monoisotopic (exact) mass is 401 g/mol. The molecule has 0 radical (unpaired) electrons. The van der Waals surface area contributed by atoms with Crippen LogP contribution in [-0.4, -0.2) is 28.2 Å². The van der Waals surface area contributed by atoms with Crippen LogP contribution in [0.3, 0.4) is 0 Å². The second-order valence-corrected chi connectivity index (χ2v) is 9.42. The van der Waals surface area contributed by atoms with Crippen LogP contribution in [0.25, 0.3) is 0 Å². The number of hydrogen-bond donors (Lipinski definition) is 1. The van der Waals surface area contributed by atoms with Gasteiger partial charge in [0.05, 0.1) is 18.0 Å². The van der Waals surface area contributed by atoms with Gasteiger partial charge in [-0.1, -0.05) is 31.4 Å². The van der Waals surface area contributed by atoms with E-state index in [0.717, 1.165) is 17.1 Å². The van der Waals surface area contributed by atoms with Crippen LogP contribution in [0, 0.1) is 0 Å². The van der Waals surface area contributed by atoms with Gasteiger partial charge in [0.15, 0.2) is 0 Å². The smallest absolute Gasteiger partial charge is 0.240 e. The van der Waals surface area contributed by atoms with Crippen molar-refractivity contribution in [2.45, 2.75) is 55.4 Å². The van der Waals surface area contributed by atoms with Crippen LogP contribution in [0.1, 0.15) is 49.1 Å². The summed E-state index contributed by atoms with van der Waals surface area (Å²) in [6.45, 7) is 0.318. The standard InChI is InChI=1S/C22H27NO4S/c1-26-20-9-12-22-18(14-20)13-19(15-27-22)23-28(24,25)21-10-7-17(8-11-21)16-5-3-2-4-6-16/h7-12,14,16,19,23H,2-6,13,15H2,1H3. The van der Waals surface area contributed by atoms with Crippen LogP contribution in [-0.2, 0) is 16.4 Å². The first kappa shape index (κ1) is 19.3. The van der Waals surface area contributed by atoms with Crippen molar-refractivity contribution < 1.29 is 17.9 Å². The Labute approximate surface area is 167 Å². The Morgan fingerprint density at radius 3 is 2.50 bits per heavy atom. The predicted molar refractivity (Wildman–Crippen MR) is 109 cm³/mol. The van der Waals surface area contributed by atoms with Crippen LogP contribution in [0.5, 0.6) is 11.5 Å². The molecule has 1 unspecified atom stereocenters. The lowest BCUT2D eigenvalue weighted by Gasteiger charge is -2.26. The molecule has 0 aromatic heterocycles. The Bertz CT molecular complexity index is 918. The summed E-state index contributed by atoms with van der Waals surface area (Å²) in [6.07, 6.45) is 6.82. The minimum absolute atomic E-state index is 0.303. The largest absolute Gasteiger partial charge is 0.497 e. The van der Waals surface area contributed by atoms with E-state index in [2.05, 4.69) is 4.72 Å². The summed E-state index contributed by atoms with van der Waals surface area (Å²) in [6, 6.07) is 12.7. The molecule has 0 bridgehead atoms. The first-order valence-corrected chi connectivity index (χ1v) is 11.5. The maximum atomic E-state index is 12.8. The highest BCUT2D eigenvalue weighted by atomic mass is 32.2. The van der Waals surface area contributed by atoms with E-state index in [1.807, 2.05) is 30.3 Å². The number of rotatable bonds is 5. The Morgan fingerprint density at radius 1 is 1.04 bits per heavy atom. The SMILES string of the molecule is COc1ccc2c(c1)CC(NS(=O)(=O)c1ccc(C3CCCCC3)cc1)CO2. The van der Waals surface area contributed by atoms with Gasteiger partial charge in [-0.05, 0) is 66.6 Å². The van der Waals surface area contributed by atoms with Gasteiger partial charge in [-0.2, -0.15) is 0 Å². The molecule has 1 atom stereocenters. The Balaban J connectivity index is 1.45. The molecule has 1 fully saturated rings. The molecule has 0 amide bonds. The highest BCUT2D eigenvalue weighted by molar-refractivity contribution is 7.89. The highest BCUT2D eigenvalue weighted by Crippen LogP contribution is 2.33. The number of benzene rings is 2. The molecule has 4 rings (SSSR count). The molecule has 6 heteroatoms. The van der Waals surface area contributed by atoms with E-state index in [9.17, 15) is 8.42 Å². The number of sulfonamides is 1. The number of nitrogens with one attached hydrogen (secondary N) is 1. The van der Waals surface area contributed by atoms with Crippen LogP contribution >= 0.6 is 0 Å². The van der Waals surface area contributed by atoms with E-state index in [1.165, 1.54) is 37.7 Å². The van der Waals surface area contributed by atoms with E-state index in [1.54, 1.807) is 19.2 Å². The zero-order valence-corrected chi connectivity index (χ0v) is 17.0. The summed E-state index contributed by atoms with van der Waals surface area (Å²) in [7, 11) is -1.97. The molecular weight excluding hydrogens is 374 g/mol. The van der Waals surface area contributed by atoms with Gasteiger partial charge in [-0.3, -0.25) is 0 Å². The van der Waals surface area contributed by atoms with Gasteiger partial charge in [0.2, 0.25) is 10.0 Å². The van der Waals surface area contributed by atoms with Gasteiger partial charge in [-0.25, -0.2) is 13.1 Å². The third-order valence-corrected chi connectivity index (χ3v) is 7.30. The molecule has 2 aliphatic rings. The molecule has 28 heavy (non-hydrogen) atoms. The molecule has 2 aromatic carbocycles. The zero-order chi connectivity index (χ0) is 19.6. The first-order valence-electron chi connectivity index (χ1n) is 9.97. The third-order valence-electron chi connectivity index (χ3n) is 5.76. The van der Waals surface area contributed by atoms with E-state index in [-0.39, 0.29) is 6.04 Å². The van der Waals surface area contributed by atoms with Crippen molar-refractivity contribution in [3.05, 3.63) is 53.6 Å². The van der Waals surface area contributed by atoms with Crippen LogP contribution in [0.2, 0.25) is 0 Å². The number of hydrogen-bond acceptors (Lipinski definition) is 4. The molecule has 1 N–H and O–H groups in total. The molecule has 1 aliphatic carbocycles. The van der Waals surface area contributed by atoms with Crippen molar-refractivity contribution in [2.75, 3.05) is 13.7 Å². The second kappa shape index (κ2) is 8.13. The summed E-state index contributed by atoms with van der Waals surface area (Å²) in [5.74, 6) is 2.09. The van der Waals surface area contributed by atoms with Crippen LogP contribution < -0.4 is 14.2 Å². The molecule has 1 aliphatic heterocycles. The van der Waals surface area contributed by atoms with Gasteiger partial charge in [-0.15, -0.1) is 0 Å². The Morgan fingerprint density at radius 2 is 1.79 bits per heavy atom. The maximum absolute atomic E-state index is 12.8. The van der Waals surface area contributed by atoms with Gasteiger partial charge >= 0.3 is 0 Å². The minimum atomic E-state index is -3.59. The van der Waals surface area contributed by atoms with E-state index >= 15 is 0 Å². The van der Waals surface area contributed by atoms with Crippen molar-refractivity contribution in [3.8, 4) is 11.5 Å². The summed E-state index contributed by atoms with van der Waals surface area (Å²) in [5.41, 5.74) is 2.20. The van der Waals surface area contributed by atoms with Crippen LogP contribution in [0.15, 0.2) is 47.4 Å². The van der Waals surface area contributed by atoms with Gasteiger partial charge in [0.25, 0.3) is 0 Å². The topological polar surface area (TPSA) is 64.6 Å². The van der Waals surface area contributed by atoms with Gasteiger partial charge in [0, 0.05) is 0 Å². The maximum Gasteiger partial charge on any atom is 0.240 e. The Kier molecular flexibility index (Phi) is 5.60. The average Bonchev–Trinajstić information content (AvgIpc) is 2.73. The average molecular weight is 402 g/mol. The molecule has 2 aromatic rings. The fourth-order valence-corrected chi connectivity index (χ4v) is 5.44. The molecule has 5 nitrogen and oxygen atoms in total. The number of fused-ring (bicyclic) bond motifs is 1. The predicted octanol–water partition coefficient (Wildman–Crippen LogP) is 4.02. The van der Waals surface area contributed by atoms with Crippen molar-refractivity contribution in [3.63, 3.8) is 0 Å². The summed E-state index contributed by atoms with van der Waals surface area (Å²) >= 11 is 0. The highest BCUT2D eigenvalue weighted by Gasteiger charge is 2.26. The van der Waals surface area contributed by atoms with Crippen molar-refractivity contribution in [1.29, 1.82) is 0 Å². The van der Waals surface area contributed by atoms with Crippen molar-refractivity contribution in [2.24, 2.45) is 0 Å². The molecule has 1 saturated carbocycles. The summed E-state index contributed by atoms with van der Waals surface area (Å²) in [5, 5.41) is 0.